The third kappa shape index (κ3) is 3.78. The van der Waals surface area contributed by atoms with Crippen LogP contribution in [0, 0.1) is 6.92 Å². The smallest absolute Gasteiger partial charge is 0.265 e. The minimum atomic E-state index is -3.76. The van der Waals surface area contributed by atoms with Gasteiger partial charge in [0.05, 0.1) is 0 Å². The van der Waals surface area contributed by atoms with Gasteiger partial charge in [0.1, 0.15) is 4.90 Å². The summed E-state index contributed by atoms with van der Waals surface area (Å²) in [6, 6.07) is 5.17. The first-order valence-electron chi connectivity index (χ1n) is 6.17. The van der Waals surface area contributed by atoms with Crippen LogP contribution >= 0.6 is 15.9 Å². The fourth-order valence-electron chi connectivity index (χ4n) is 1.84. The Kier molecular flexibility index (Phi) is 4.92. The summed E-state index contributed by atoms with van der Waals surface area (Å²) in [5.41, 5.74) is 1.73. The Hall–Kier alpha value is -1.51. The Balaban J connectivity index is 2.44. The SMILES string of the molecule is CNCc1cc(C)c(Br)c(S(=O)(=O)Nc2ncccn2)c1. The van der Waals surface area contributed by atoms with Gasteiger partial charge >= 0.3 is 0 Å². The highest BCUT2D eigenvalue weighted by molar-refractivity contribution is 9.10. The maximum Gasteiger partial charge on any atom is 0.265 e. The van der Waals surface area contributed by atoms with E-state index in [4.69, 9.17) is 0 Å². The maximum absolute atomic E-state index is 12.5. The van der Waals surface area contributed by atoms with Crippen LogP contribution in [0.1, 0.15) is 11.1 Å². The highest BCUT2D eigenvalue weighted by Crippen LogP contribution is 2.28. The van der Waals surface area contributed by atoms with Crippen LogP contribution in [0.15, 0.2) is 40.0 Å². The van der Waals surface area contributed by atoms with Gasteiger partial charge in [-0.05, 0) is 53.2 Å². The molecule has 0 bridgehead atoms. The van der Waals surface area contributed by atoms with E-state index in [0.29, 0.717) is 11.0 Å². The van der Waals surface area contributed by atoms with Crippen LogP contribution in [0.4, 0.5) is 5.95 Å². The fourth-order valence-corrected chi connectivity index (χ4v) is 3.87. The molecule has 2 N–H and O–H groups in total. The van der Waals surface area contributed by atoms with Crippen molar-refractivity contribution in [1.82, 2.24) is 15.3 Å². The monoisotopic (exact) mass is 370 g/mol. The Morgan fingerprint density at radius 1 is 1.24 bits per heavy atom. The van der Waals surface area contributed by atoms with Crippen molar-refractivity contribution in [2.24, 2.45) is 0 Å². The highest BCUT2D eigenvalue weighted by Gasteiger charge is 2.21. The molecule has 0 saturated heterocycles. The highest BCUT2D eigenvalue weighted by atomic mass is 79.9. The summed E-state index contributed by atoms with van der Waals surface area (Å²) in [5, 5.41) is 3.00. The average molecular weight is 371 g/mol. The van der Waals surface area contributed by atoms with Gasteiger partial charge < -0.3 is 5.32 Å². The number of aromatic nitrogens is 2. The summed E-state index contributed by atoms with van der Waals surface area (Å²) < 4.78 is 27.9. The van der Waals surface area contributed by atoms with Crippen LogP contribution in [0.5, 0.6) is 0 Å². The molecule has 2 rings (SSSR count). The number of nitrogens with one attached hydrogen (secondary N) is 2. The van der Waals surface area contributed by atoms with Gasteiger partial charge in [0.15, 0.2) is 0 Å². The summed E-state index contributed by atoms with van der Waals surface area (Å²) in [7, 11) is -1.95. The molecule has 0 unspecified atom stereocenters. The summed E-state index contributed by atoms with van der Waals surface area (Å²) in [6.45, 7) is 2.43. The van der Waals surface area contributed by atoms with Crippen molar-refractivity contribution >= 4 is 31.9 Å². The molecule has 0 saturated carbocycles. The molecule has 0 aliphatic heterocycles. The molecule has 1 aromatic heterocycles. The molecule has 0 aliphatic rings. The van der Waals surface area contributed by atoms with Crippen molar-refractivity contribution in [2.45, 2.75) is 18.4 Å². The summed E-state index contributed by atoms with van der Waals surface area (Å²) in [4.78, 5) is 7.91. The number of benzene rings is 1. The van der Waals surface area contributed by atoms with Gasteiger partial charge in [0, 0.05) is 23.4 Å². The minimum absolute atomic E-state index is 0.0427. The molecule has 112 valence electrons. The predicted molar refractivity (Wildman–Crippen MR) is 84.5 cm³/mol. The number of sulfonamides is 1. The molecule has 1 heterocycles. The number of hydrogen-bond donors (Lipinski definition) is 2. The number of anilines is 1. The largest absolute Gasteiger partial charge is 0.316 e. The summed E-state index contributed by atoms with van der Waals surface area (Å²) >= 11 is 3.33. The molecule has 1 aromatic carbocycles. The first-order chi connectivity index (χ1) is 9.94. The summed E-state index contributed by atoms with van der Waals surface area (Å²) in [6.07, 6.45) is 2.95. The van der Waals surface area contributed by atoms with E-state index in [9.17, 15) is 8.42 Å². The molecule has 0 atom stereocenters. The van der Waals surface area contributed by atoms with E-state index in [2.05, 4.69) is 35.9 Å². The second-order valence-corrected chi connectivity index (χ2v) is 6.88. The first-order valence-corrected chi connectivity index (χ1v) is 8.45. The predicted octanol–water partition coefficient (Wildman–Crippen LogP) is 2.07. The van der Waals surface area contributed by atoms with E-state index in [1.54, 1.807) is 12.1 Å². The first kappa shape index (κ1) is 15.9. The number of hydrogen-bond acceptors (Lipinski definition) is 5. The van der Waals surface area contributed by atoms with E-state index in [1.165, 1.54) is 12.4 Å². The van der Waals surface area contributed by atoms with Crippen molar-refractivity contribution in [3.05, 3.63) is 46.2 Å². The summed E-state index contributed by atoms with van der Waals surface area (Å²) in [5.74, 6) is 0.0427. The molecule has 0 aliphatic carbocycles. The fraction of sp³-hybridized carbons (Fsp3) is 0.231. The van der Waals surface area contributed by atoms with Gasteiger partial charge in [-0.1, -0.05) is 6.07 Å². The van der Waals surface area contributed by atoms with Gasteiger partial charge in [-0.2, -0.15) is 0 Å². The number of aryl methyl sites for hydroxylation is 1. The second kappa shape index (κ2) is 6.50. The zero-order valence-electron chi connectivity index (χ0n) is 11.6. The van der Waals surface area contributed by atoms with Crippen LogP contribution in [0.2, 0.25) is 0 Å². The lowest BCUT2D eigenvalue weighted by Crippen LogP contribution is -2.17. The zero-order chi connectivity index (χ0) is 15.5. The van der Waals surface area contributed by atoms with Crippen LogP contribution < -0.4 is 10.0 Å². The van der Waals surface area contributed by atoms with Crippen LogP contribution in [-0.2, 0) is 16.6 Å². The Morgan fingerprint density at radius 3 is 2.52 bits per heavy atom. The molecule has 0 fully saturated rings. The molecule has 0 radical (unpaired) electrons. The van der Waals surface area contributed by atoms with Gasteiger partial charge in [0.2, 0.25) is 5.95 Å². The number of rotatable bonds is 5. The molecule has 0 amide bonds. The van der Waals surface area contributed by atoms with E-state index in [0.717, 1.165) is 11.1 Å². The second-order valence-electron chi connectivity index (χ2n) is 4.43. The van der Waals surface area contributed by atoms with Gasteiger partial charge in [0.25, 0.3) is 10.0 Å². The number of nitrogens with zero attached hydrogens (tertiary/aromatic N) is 2. The molecule has 2 aromatic rings. The molecule has 21 heavy (non-hydrogen) atoms. The average Bonchev–Trinajstić information content (AvgIpc) is 2.43. The van der Waals surface area contributed by atoms with Crippen molar-refractivity contribution in [3.8, 4) is 0 Å². The van der Waals surface area contributed by atoms with Crippen molar-refractivity contribution in [3.63, 3.8) is 0 Å². The maximum atomic E-state index is 12.5. The zero-order valence-corrected chi connectivity index (χ0v) is 14.0. The van der Waals surface area contributed by atoms with Crippen LogP contribution in [-0.4, -0.2) is 25.4 Å². The Morgan fingerprint density at radius 2 is 1.90 bits per heavy atom. The van der Waals surface area contributed by atoms with Gasteiger partial charge in [-0.25, -0.2) is 23.1 Å². The van der Waals surface area contributed by atoms with E-state index in [1.807, 2.05) is 20.0 Å². The Labute approximate surface area is 132 Å². The quantitative estimate of drug-likeness (QED) is 0.841. The third-order valence-corrected chi connectivity index (χ3v) is 5.41. The lowest BCUT2D eigenvalue weighted by molar-refractivity contribution is 0.600. The van der Waals surface area contributed by atoms with Crippen LogP contribution in [0.25, 0.3) is 0 Å². The molecular formula is C13H15BrN4O2S. The van der Waals surface area contributed by atoms with Gasteiger partial charge in [-0.3, -0.25) is 0 Å². The molecular weight excluding hydrogens is 356 g/mol. The van der Waals surface area contributed by atoms with E-state index < -0.39 is 10.0 Å². The van der Waals surface area contributed by atoms with Crippen molar-refractivity contribution in [2.75, 3.05) is 11.8 Å². The lowest BCUT2D eigenvalue weighted by atomic mass is 10.1. The van der Waals surface area contributed by atoms with E-state index >= 15 is 0 Å². The third-order valence-electron chi connectivity index (χ3n) is 2.74. The van der Waals surface area contributed by atoms with Crippen molar-refractivity contribution in [1.29, 1.82) is 0 Å². The normalized spacial score (nSPS) is 11.4. The lowest BCUT2D eigenvalue weighted by Gasteiger charge is -2.12. The van der Waals surface area contributed by atoms with Crippen molar-refractivity contribution < 1.29 is 8.42 Å². The minimum Gasteiger partial charge on any atom is -0.316 e. The molecule has 8 heteroatoms. The molecule has 6 nitrogen and oxygen atoms in total. The van der Waals surface area contributed by atoms with Gasteiger partial charge in [-0.15, -0.1) is 0 Å². The molecule has 0 spiro atoms. The van der Waals surface area contributed by atoms with E-state index in [-0.39, 0.29) is 10.8 Å². The standard InChI is InChI=1S/C13H15BrN4O2S/c1-9-6-10(8-15-2)7-11(12(9)14)21(19,20)18-13-16-4-3-5-17-13/h3-7,15H,8H2,1-2H3,(H,16,17,18). The Bertz CT molecular complexity index is 735. The topological polar surface area (TPSA) is 84.0 Å². The van der Waals surface area contributed by atoms with Crippen LogP contribution in [0.3, 0.4) is 0 Å². The number of halogens is 1.